The normalized spacial score (nSPS) is 10.7. The van der Waals surface area contributed by atoms with Crippen molar-refractivity contribution in [1.29, 1.82) is 0 Å². The molecule has 2 aromatic carbocycles. The van der Waals surface area contributed by atoms with Crippen molar-refractivity contribution in [3.05, 3.63) is 87.7 Å². The van der Waals surface area contributed by atoms with Crippen molar-refractivity contribution < 1.29 is 4.79 Å². The van der Waals surface area contributed by atoms with Gasteiger partial charge in [0.25, 0.3) is 5.91 Å². The number of halogens is 1. The topological polar surface area (TPSA) is 46.9 Å². The van der Waals surface area contributed by atoms with Gasteiger partial charge in [-0.1, -0.05) is 71.8 Å². The summed E-state index contributed by atoms with van der Waals surface area (Å²) in [4.78, 5) is 12.5. The van der Waals surface area contributed by atoms with Crippen LogP contribution in [0, 0.1) is 13.8 Å². The number of rotatable bonds is 6. The number of nitrogens with zero attached hydrogens (tertiary/aromatic N) is 2. The van der Waals surface area contributed by atoms with Gasteiger partial charge in [-0.05, 0) is 31.4 Å². The zero-order valence-electron chi connectivity index (χ0n) is 15.0. The monoisotopic (exact) mass is 367 g/mol. The number of carbonyl (C=O) groups is 1. The maximum atomic E-state index is 12.5. The predicted octanol–water partition coefficient (Wildman–Crippen LogP) is 4.17. The fourth-order valence-electron chi connectivity index (χ4n) is 2.84. The van der Waals surface area contributed by atoms with Gasteiger partial charge < -0.3 is 5.32 Å². The van der Waals surface area contributed by atoms with E-state index in [1.807, 2.05) is 56.3 Å². The minimum absolute atomic E-state index is 0.182. The van der Waals surface area contributed by atoms with Gasteiger partial charge in [-0.3, -0.25) is 4.79 Å². The van der Waals surface area contributed by atoms with Crippen LogP contribution in [0.15, 0.2) is 54.6 Å². The summed E-state index contributed by atoms with van der Waals surface area (Å²) in [6.07, 6.45) is 0.779. The Morgan fingerprint density at radius 3 is 2.42 bits per heavy atom. The van der Waals surface area contributed by atoms with E-state index >= 15 is 0 Å². The predicted molar refractivity (Wildman–Crippen MR) is 105 cm³/mol. The molecule has 0 aliphatic heterocycles. The Kier molecular flexibility index (Phi) is 5.74. The molecule has 1 amide bonds. The van der Waals surface area contributed by atoms with Gasteiger partial charge in [0.1, 0.15) is 5.15 Å². The van der Waals surface area contributed by atoms with Crippen LogP contribution in [0.25, 0.3) is 0 Å². The molecule has 1 heterocycles. The maximum Gasteiger partial charge on any atom is 0.256 e. The van der Waals surface area contributed by atoms with E-state index in [2.05, 4.69) is 22.5 Å². The Bertz CT molecular complexity index is 886. The summed E-state index contributed by atoms with van der Waals surface area (Å²) < 4.78 is 1.67. The lowest BCUT2D eigenvalue weighted by molar-refractivity contribution is 0.0953. The molecule has 0 atom stereocenters. The second-order valence-corrected chi connectivity index (χ2v) is 6.74. The van der Waals surface area contributed by atoms with Crippen LogP contribution in [-0.2, 0) is 13.0 Å². The molecule has 1 N–H and O–H groups in total. The van der Waals surface area contributed by atoms with Crippen LogP contribution in [0.5, 0.6) is 0 Å². The molecule has 26 heavy (non-hydrogen) atoms. The van der Waals surface area contributed by atoms with Gasteiger partial charge in [-0.15, -0.1) is 0 Å². The van der Waals surface area contributed by atoms with Crippen molar-refractivity contribution in [3.63, 3.8) is 0 Å². The Labute approximate surface area is 158 Å². The van der Waals surface area contributed by atoms with Gasteiger partial charge >= 0.3 is 0 Å². The summed E-state index contributed by atoms with van der Waals surface area (Å²) in [6.45, 7) is 4.95. The second-order valence-electron chi connectivity index (χ2n) is 6.39. The molecule has 0 fully saturated rings. The standard InChI is InChI=1S/C21H22ClN3O/c1-15-8-10-18(11-9-15)14-25-20(22)19(16(2)24-25)21(26)23-13-12-17-6-4-3-5-7-17/h3-11H,12-14H2,1-2H3,(H,23,26). The number of nitrogens with one attached hydrogen (secondary N) is 1. The summed E-state index contributed by atoms with van der Waals surface area (Å²) in [5.74, 6) is -0.182. The van der Waals surface area contributed by atoms with Crippen LogP contribution in [0.4, 0.5) is 0 Å². The highest BCUT2D eigenvalue weighted by Crippen LogP contribution is 2.21. The third-order valence-electron chi connectivity index (χ3n) is 4.29. The smallest absolute Gasteiger partial charge is 0.256 e. The van der Waals surface area contributed by atoms with Gasteiger partial charge in [0, 0.05) is 6.54 Å². The molecule has 0 saturated carbocycles. The number of hydrogen-bond acceptors (Lipinski definition) is 2. The number of amides is 1. The van der Waals surface area contributed by atoms with Crippen molar-refractivity contribution >= 4 is 17.5 Å². The average molecular weight is 368 g/mol. The number of aryl methyl sites for hydroxylation is 2. The molecule has 0 unspecified atom stereocenters. The van der Waals surface area contributed by atoms with E-state index in [1.165, 1.54) is 11.1 Å². The van der Waals surface area contributed by atoms with E-state index in [9.17, 15) is 4.79 Å². The number of benzene rings is 2. The number of aromatic nitrogens is 2. The fraction of sp³-hybridized carbons (Fsp3) is 0.238. The summed E-state index contributed by atoms with van der Waals surface area (Å²) >= 11 is 6.44. The second kappa shape index (κ2) is 8.19. The molecule has 134 valence electrons. The molecule has 3 aromatic rings. The lowest BCUT2D eigenvalue weighted by Crippen LogP contribution is -2.26. The van der Waals surface area contributed by atoms with Crippen LogP contribution in [0.2, 0.25) is 5.15 Å². The van der Waals surface area contributed by atoms with Gasteiger partial charge in [-0.25, -0.2) is 4.68 Å². The first kappa shape index (κ1) is 18.2. The Morgan fingerprint density at radius 2 is 1.73 bits per heavy atom. The van der Waals surface area contributed by atoms with Crippen molar-refractivity contribution in [1.82, 2.24) is 15.1 Å². The van der Waals surface area contributed by atoms with Crippen molar-refractivity contribution in [2.75, 3.05) is 6.54 Å². The van der Waals surface area contributed by atoms with Crippen molar-refractivity contribution in [3.8, 4) is 0 Å². The van der Waals surface area contributed by atoms with E-state index in [0.29, 0.717) is 29.5 Å². The van der Waals surface area contributed by atoms with E-state index in [0.717, 1.165) is 12.0 Å². The van der Waals surface area contributed by atoms with Crippen molar-refractivity contribution in [2.45, 2.75) is 26.8 Å². The quantitative estimate of drug-likeness (QED) is 0.710. The Balaban J connectivity index is 1.66. The minimum Gasteiger partial charge on any atom is -0.352 e. The molecule has 0 saturated heterocycles. The SMILES string of the molecule is Cc1ccc(Cn2nc(C)c(C(=O)NCCc3ccccc3)c2Cl)cc1. The molecule has 4 nitrogen and oxygen atoms in total. The van der Waals surface area contributed by atoms with E-state index in [4.69, 9.17) is 11.6 Å². The molecular weight excluding hydrogens is 346 g/mol. The molecule has 1 aromatic heterocycles. The summed E-state index contributed by atoms with van der Waals surface area (Å²) in [5.41, 5.74) is 4.57. The minimum atomic E-state index is -0.182. The highest BCUT2D eigenvalue weighted by molar-refractivity contribution is 6.33. The number of hydrogen-bond donors (Lipinski definition) is 1. The first-order chi connectivity index (χ1) is 12.5. The van der Waals surface area contributed by atoms with Crippen molar-refractivity contribution in [2.24, 2.45) is 0 Å². The highest BCUT2D eigenvalue weighted by Gasteiger charge is 2.20. The van der Waals surface area contributed by atoms with Crippen LogP contribution in [0.1, 0.15) is 32.7 Å². The first-order valence-corrected chi connectivity index (χ1v) is 9.03. The third-order valence-corrected chi connectivity index (χ3v) is 4.67. The van der Waals surface area contributed by atoms with Crippen LogP contribution < -0.4 is 5.32 Å². The van der Waals surface area contributed by atoms with Crippen LogP contribution in [0.3, 0.4) is 0 Å². The fourth-order valence-corrected chi connectivity index (χ4v) is 3.16. The lowest BCUT2D eigenvalue weighted by atomic mass is 10.1. The van der Waals surface area contributed by atoms with Gasteiger partial charge in [0.15, 0.2) is 0 Å². The summed E-state index contributed by atoms with van der Waals surface area (Å²) in [6, 6.07) is 18.3. The maximum absolute atomic E-state index is 12.5. The largest absolute Gasteiger partial charge is 0.352 e. The first-order valence-electron chi connectivity index (χ1n) is 8.65. The number of carbonyl (C=O) groups excluding carboxylic acids is 1. The van der Waals surface area contributed by atoms with Gasteiger partial charge in [-0.2, -0.15) is 5.10 Å². The third kappa shape index (κ3) is 4.33. The lowest BCUT2D eigenvalue weighted by Gasteiger charge is -2.06. The van der Waals surface area contributed by atoms with E-state index in [-0.39, 0.29) is 5.91 Å². The average Bonchev–Trinajstić information content (AvgIpc) is 2.91. The van der Waals surface area contributed by atoms with E-state index in [1.54, 1.807) is 4.68 Å². The van der Waals surface area contributed by atoms with Gasteiger partial charge in [0.2, 0.25) is 0 Å². The molecule has 5 heteroatoms. The van der Waals surface area contributed by atoms with Crippen LogP contribution >= 0.6 is 11.6 Å². The Morgan fingerprint density at radius 1 is 1.04 bits per heavy atom. The molecule has 0 radical (unpaired) electrons. The zero-order chi connectivity index (χ0) is 18.5. The highest BCUT2D eigenvalue weighted by atomic mass is 35.5. The van der Waals surface area contributed by atoms with E-state index < -0.39 is 0 Å². The van der Waals surface area contributed by atoms with Gasteiger partial charge in [0.05, 0.1) is 17.8 Å². The van der Waals surface area contributed by atoms with Crippen LogP contribution in [-0.4, -0.2) is 22.2 Å². The summed E-state index contributed by atoms with van der Waals surface area (Å²) in [5, 5.41) is 7.75. The molecular formula is C21H22ClN3O. The molecule has 0 spiro atoms. The Hall–Kier alpha value is -2.59. The zero-order valence-corrected chi connectivity index (χ0v) is 15.8. The molecule has 0 aliphatic carbocycles. The molecule has 0 bridgehead atoms. The molecule has 0 aliphatic rings. The summed E-state index contributed by atoms with van der Waals surface area (Å²) in [7, 11) is 0. The molecule has 3 rings (SSSR count).